The molecule has 0 saturated carbocycles. The van der Waals surface area contributed by atoms with Gasteiger partial charge in [-0.05, 0) is 38.6 Å². The Balaban J connectivity index is 2.94. The van der Waals surface area contributed by atoms with Crippen LogP contribution in [0.1, 0.15) is 25.5 Å². The van der Waals surface area contributed by atoms with Gasteiger partial charge < -0.3 is 15.6 Å². The maximum absolute atomic E-state index is 9.44. The van der Waals surface area contributed by atoms with E-state index in [1.165, 1.54) is 0 Å². The van der Waals surface area contributed by atoms with Crippen molar-refractivity contribution < 1.29 is 9.84 Å². The van der Waals surface area contributed by atoms with E-state index >= 15 is 0 Å². The van der Waals surface area contributed by atoms with Crippen molar-refractivity contribution in [2.24, 2.45) is 5.73 Å². The summed E-state index contributed by atoms with van der Waals surface area (Å²) in [6, 6.07) is 7.97. The topological polar surface area (TPSA) is 58.7 Å². The molecule has 0 amide bonds. The molecule has 0 bridgehead atoms. The summed E-state index contributed by atoms with van der Waals surface area (Å²) in [6.07, 6.45) is 0. The number of likely N-dealkylation sites (N-methyl/N-ethyl adjacent to an activating group) is 1. The molecule has 1 atom stereocenters. The van der Waals surface area contributed by atoms with E-state index in [4.69, 9.17) is 10.5 Å². The Hall–Kier alpha value is -1.10. The van der Waals surface area contributed by atoms with Crippen LogP contribution in [0.5, 0.6) is 5.75 Å². The Labute approximate surface area is 109 Å². The van der Waals surface area contributed by atoms with Gasteiger partial charge in [-0.15, -0.1) is 0 Å². The average Bonchev–Trinajstić information content (AvgIpc) is 2.40. The van der Waals surface area contributed by atoms with Crippen LogP contribution < -0.4 is 10.5 Å². The van der Waals surface area contributed by atoms with Crippen molar-refractivity contribution in [1.82, 2.24) is 4.90 Å². The predicted molar refractivity (Wildman–Crippen MR) is 73.7 cm³/mol. The maximum Gasteiger partial charge on any atom is 0.118 e. The van der Waals surface area contributed by atoms with Crippen molar-refractivity contribution in [2.45, 2.75) is 25.4 Å². The van der Waals surface area contributed by atoms with Crippen LogP contribution in [-0.2, 0) is 0 Å². The normalized spacial score (nSPS) is 13.7. The zero-order chi connectivity index (χ0) is 13.8. The van der Waals surface area contributed by atoms with E-state index < -0.39 is 0 Å². The number of ether oxygens (including phenoxy) is 1. The summed E-state index contributed by atoms with van der Waals surface area (Å²) in [5.41, 5.74) is 6.70. The lowest BCUT2D eigenvalue weighted by Crippen LogP contribution is -2.48. The lowest BCUT2D eigenvalue weighted by molar-refractivity contribution is 0.0470. The predicted octanol–water partition coefficient (Wildman–Crippen LogP) is 1.40. The quantitative estimate of drug-likeness (QED) is 0.803. The van der Waals surface area contributed by atoms with E-state index in [0.29, 0.717) is 6.54 Å². The van der Waals surface area contributed by atoms with Crippen LogP contribution in [0.2, 0.25) is 0 Å². The van der Waals surface area contributed by atoms with Crippen LogP contribution in [0.15, 0.2) is 24.3 Å². The maximum atomic E-state index is 9.44. The van der Waals surface area contributed by atoms with E-state index in [9.17, 15) is 5.11 Å². The molecule has 0 fully saturated rings. The third-order valence-electron chi connectivity index (χ3n) is 3.53. The smallest absolute Gasteiger partial charge is 0.118 e. The standard InChI is InChI=1S/C14H24N2O2/c1-14(2,10-17)16(3)13(9-15)11-5-7-12(18-4)8-6-11/h5-8,13,17H,9-10,15H2,1-4H3. The molecule has 18 heavy (non-hydrogen) atoms. The van der Waals surface area contributed by atoms with Gasteiger partial charge in [0.1, 0.15) is 5.75 Å². The summed E-state index contributed by atoms with van der Waals surface area (Å²) in [6.45, 7) is 4.60. The lowest BCUT2D eigenvalue weighted by atomic mass is 9.98. The summed E-state index contributed by atoms with van der Waals surface area (Å²) in [5, 5.41) is 9.44. The fraction of sp³-hybridized carbons (Fsp3) is 0.571. The highest BCUT2D eigenvalue weighted by Crippen LogP contribution is 2.26. The fourth-order valence-corrected chi connectivity index (χ4v) is 1.88. The minimum absolute atomic E-state index is 0.0815. The minimum Gasteiger partial charge on any atom is -0.497 e. The highest BCUT2D eigenvalue weighted by Gasteiger charge is 2.28. The summed E-state index contributed by atoms with van der Waals surface area (Å²) in [7, 11) is 3.63. The van der Waals surface area contributed by atoms with Gasteiger partial charge in [0.05, 0.1) is 13.7 Å². The Kier molecular flexibility index (Phi) is 5.14. The number of methoxy groups -OCH3 is 1. The van der Waals surface area contributed by atoms with E-state index in [1.54, 1.807) is 7.11 Å². The molecule has 0 aromatic heterocycles. The molecule has 1 aromatic rings. The van der Waals surface area contributed by atoms with E-state index in [0.717, 1.165) is 11.3 Å². The first-order valence-corrected chi connectivity index (χ1v) is 6.14. The molecule has 0 aliphatic carbocycles. The van der Waals surface area contributed by atoms with Gasteiger partial charge >= 0.3 is 0 Å². The van der Waals surface area contributed by atoms with Crippen LogP contribution in [0.25, 0.3) is 0 Å². The third kappa shape index (κ3) is 3.22. The molecule has 0 spiro atoms. The van der Waals surface area contributed by atoms with Crippen LogP contribution >= 0.6 is 0 Å². The van der Waals surface area contributed by atoms with Gasteiger partial charge in [0.25, 0.3) is 0 Å². The van der Waals surface area contributed by atoms with E-state index in [-0.39, 0.29) is 18.2 Å². The van der Waals surface area contributed by atoms with Crippen molar-refractivity contribution in [2.75, 3.05) is 27.3 Å². The first kappa shape index (κ1) is 15.0. The number of hydrogen-bond donors (Lipinski definition) is 2. The zero-order valence-corrected chi connectivity index (χ0v) is 11.7. The second-order valence-electron chi connectivity index (χ2n) is 5.11. The SMILES string of the molecule is COc1ccc(C(CN)N(C)C(C)(C)CO)cc1. The van der Waals surface area contributed by atoms with Gasteiger partial charge in [-0.3, -0.25) is 4.90 Å². The molecule has 1 rings (SSSR count). The summed E-state index contributed by atoms with van der Waals surface area (Å²) >= 11 is 0. The number of aliphatic hydroxyl groups excluding tert-OH is 1. The van der Waals surface area contributed by atoms with Gasteiger partial charge in [0, 0.05) is 18.1 Å². The van der Waals surface area contributed by atoms with Crippen molar-refractivity contribution in [3.63, 3.8) is 0 Å². The van der Waals surface area contributed by atoms with Crippen molar-refractivity contribution in [3.05, 3.63) is 29.8 Å². The van der Waals surface area contributed by atoms with Crippen LogP contribution in [-0.4, -0.2) is 42.9 Å². The highest BCUT2D eigenvalue weighted by molar-refractivity contribution is 5.29. The Morgan fingerprint density at radius 1 is 1.33 bits per heavy atom. The van der Waals surface area contributed by atoms with E-state index in [1.807, 2.05) is 45.2 Å². The molecular weight excluding hydrogens is 228 g/mol. The first-order valence-electron chi connectivity index (χ1n) is 6.14. The minimum atomic E-state index is -0.302. The Morgan fingerprint density at radius 3 is 2.28 bits per heavy atom. The highest BCUT2D eigenvalue weighted by atomic mass is 16.5. The molecule has 4 nitrogen and oxygen atoms in total. The molecule has 4 heteroatoms. The van der Waals surface area contributed by atoms with E-state index in [2.05, 4.69) is 4.90 Å². The van der Waals surface area contributed by atoms with Crippen molar-refractivity contribution in [1.29, 1.82) is 0 Å². The number of nitrogens with zero attached hydrogens (tertiary/aromatic N) is 1. The summed E-state index contributed by atoms with van der Waals surface area (Å²) in [4.78, 5) is 2.11. The number of hydrogen-bond acceptors (Lipinski definition) is 4. The fourth-order valence-electron chi connectivity index (χ4n) is 1.88. The molecule has 1 unspecified atom stereocenters. The molecule has 0 aliphatic heterocycles. The molecule has 0 heterocycles. The van der Waals surface area contributed by atoms with Gasteiger partial charge in [0.15, 0.2) is 0 Å². The second kappa shape index (κ2) is 6.18. The largest absolute Gasteiger partial charge is 0.497 e. The molecule has 0 saturated heterocycles. The van der Waals surface area contributed by atoms with Crippen molar-refractivity contribution in [3.8, 4) is 5.75 Å². The summed E-state index contributed by atoms with van der Waals surface area (Å²) in [5.74, 6) is 0.832. The molecule has 0 radical (unpaired) electrons. The molecular formula is C14H24N2O2. The number of nitrogens with two attached hydrogens (primary N) is 1. The van der Waals surface area contributed by atoms with Gasteiger partial charge in [0.2, 0.25) is 0 Å². The third-order valence-corrected chi connectivity index (χ3v) is 3.53. The molecule has 0 aliphatic rings. The summed E-state index contributed by atoms with van der Waals surface area (Å²) < 4.78 is 5.15. The molecule has 1 aromatic carbocycles. The van der Waals surface area contributed by atoms with Crippen LogP contribution in [0.3, 0.4) is 0 Å². The first-order chi connectivity index (χ1) is 8.46. The van der Waals surface area contributed by atoms with Gasteiger partial charge in [-0.25, -0.2) is 0 Å². The van der Waals surface area contributed by atoms with Gasteiger partial charge in [-0.2, -0.15) is 0 Å². The monoisotopic (exact) mass is 252 g/mol. The van der Waals surface area contributed by atoms with Crippen LogP contribution in [0.4, 0.5) is 0 Å². The van der Waals surface area contributed by atoms with Crippen molar-refractivity contribution >= 4 is 0 Å². The second-order valence-corrected chi connectivity index (χ2v) is 5.11. The van der Waals surface area contributed by atoms with Gasteiger partial charge in [-0.1, -0.05) is 12.1 Å². The molecule has 102 valence electrons. The Morgan fingerprint density at radius 2 is 1.89 bits per heavy atom. The van der Waals surface area contributed by atoms with Crippen LogP contribution in [0, 0.1) is 0 Å². The number of rotatable bonds is 6. The molecule has 3 N–H and O–H groups in total. The zero-order valence-electron chi connectivity index (χ0n) is 11.7. The Bertz CT molecular complexity index is 363. The lowest BCUT2D eigenvalue weighted by Gasteiger charge is -2.39. The number of aliphatic hydroxyl groups is 1. The average molecular weight is 252 g/mol. The number of benzene rings is 1.